The molecule has 2 rings (SSSR count). The van der Waals surface area contributed by atoms with Gasteiger partial charge in [-0.15, -0.1) is 0 Å². The van der Waals surface area contributed by atoms with Crippen molar-refractivity contribution in [1.29, 1.82) is 0 Å². The van der Waals surface area contributed by atoms with Crippen LogP contribution in [0.1, 0.15) is 13.8 Å². The monoisotopic (exact) mass is 485 g/mol. The van der Waals surface area contributed by atoms with Crippen LogP contribution < -0.4 is 14.8 Å². The average Bonchev–Trinajstić information content (AvgIpc) is 2.73. The van der Waals surface area contributed by atoms with Gasteiger partial charge in [0.1, 0.15) is 11.8 Å². The molecule has 0 aromatic heterocycles. The number of ether oxygens (including phenoxy) is 2. The molecule has 0 radical (unpaired) electrons. The van der Waals surface area contributed by atoms with E-state index < -0.39 is 39.0 Å². The number of carbonyl (C=O) groups excluding carboxylic acids is 2. The van der Waals surface area contributed by atoms with Crippen LogP contribution >= 0.6 is 11.6 Å². The van der Waals surface area contributed by atoms with Gasteiger partial charge >= 0.3 is 5.97 Å². The van der Waals surface area contributed by atoms with Gasteiger partial charge in [-0.25, -0.2) is 8.42 Å². The van der Waals surface area contributed by atoms with Crippen molar-refractivity contribution >= 4 is 44.9 Å². The van der Waals surface area contributed by atoms with Crippen LogP contribution in [0, 0.1) is 10.1 Å². The molecule has 172 valence electrons. The number of nitrogens with one attached hydrogen (secondary N) is 2. The van der Waals surface area contributed by atoms with Crippen LogP contribution in [0.5, 0.6) is 5.75 Å². The summed E-state index contributed by atoms with van der Waals surface area (Å²) in [5.41, 5.74) is -0.276. The van der Waals surface area contributed by atoms with E-state index in [1.807, 2.05) is 0 Å². The number of halogens is 1. The van der Waals surface area contributed by atoms with Gasteiger partial charge in [0.25, 0.3) is 11.6 Å². The zero-order chi connectivity index (χ0) is 24.1. The summed E-state index contributed by atoms with van der Waals surface area (Å²) in [4.78, 5) is 34.9. The molecule has 2 aromatic rings. The number of hydrogen-bond acceptors (Lipinski definition) is 8. The number of nitro benzene ring substituents is 1. The van der Waals surface area contributed by atoms with Crippen LogP contribution in [0.2, 0.25) is 5.02 Å². The molecule has 2 aromatic carbocycles. The lowest BCUT2D eigenvalue weighted by molar-refractivity contribution is -0.384. The molecule has 0 spiro atoms. The van der Waals surface area contributed by atoms with E-state index in [1.54, 1.807) is 0 Å². The van der Waals surface area contributed by atoms with E-state index in [9.17, 15) is 28.1 Å². The summed E-state index contributed by atoms with van der Waals surface area (Å²) in [7, 11) is -2.72. The fourth-order valence-corrected chi connectivity index (χ4v) is 3.75. The maximum Gasteiger partial charge on any atom is 0.324 e. The van der Waals surface area contributed by atoms with Gasteiger partial charge in [0, 0.05) is 17.2 Å². The molecule has 0 saturated carbocycles. The summed E-state index contributed by atoms with van der Waals surface area (Å²) in [6, 6.07) is 7.59. The standard InChI is InChI=1S/C19H20ClN3O8S/c1-11(22-32(28,29)15-7-4-13(20)5-8-15)19(25)31-12(2)18(24)21-16-10-14(23(26)27)6-9-17(16)30-3/h4-12,22H,1-3H3,(H,21,24). The van der Waals surface area contributed by atoms with Crippen LogP contribution in [-0.4, -0.2) is 44.5 Å². The Balaban J connectivity index is 2.03. The molecular weight excluding hydrogens is 466 g/mol. The molecule has 0 fully saturated rings. The second-order valence-corrected chi connectivity index (χ2v) is 8.66. The molecule has 0 aliphatic carbocycles. The predicted octanol–water partition coefficient (Wildman–Crippen LogP) is 2.49. The van der Waals surface area contributed by atoms with Gasteiger partial charge in [-0.1, -0.05) is 11.6 Å². The highest BCUT2D eigenvalue weighted by Gasteiger charge is 2.27. The minimum atomic E-state index is -4.04. The molecule has 2 unspecified atom stereocenters. The largest absolute Gasteiger partial charge is 0.495 e. The van der Waals surface area contributed by atoms with Crippen LogP contribution in [0.3, 0.4) is 0 Å². The topological polar surface area (TPSA) is 154 Å². The van der Waals surface area contributed by atoms with Gasteiger partial charge < -0.3 is 14.8 Å². The molecule has 0 aliphatic heterocycles. The summed E-state index contributed by atoms with van der Waals surface area (Å²) in [5, 5.41) is 13.7. The summed E-state index contributed by atoms with van der Waals surface area (Å²) in [6.07, 6.45) is -1.34. The van der Waals surface area contributed by atoms with Crippen LogP contribution in [0.4, 0.5) is 11.4 Å². The number of carbonyl (C=O) groups is 2. The Morgan fingerprint density at radius 1 is 1.12 bits per heavy atom. The zero-order valence-electron chi connectivity index (χ0n) is 17.2. The third-order valence-electron chi connectivity index (χ3n) is 4.12. The minimum absolute atomic E-state index is 0.00564. The molecule has 13 heteroatoms. The Morgan fingerprint density at radius 3 is 2.31 bits per heavy atom. The second-order valence-electron chi connectivity index (χ2n) is 6.51. The third-order valence-corrected chi connectivity index (χ3v) is 5.93. The molecule has 2 atom stereocenters. The van der Waals surface area contributed by atoms with E-state index in [4.69, 9.17) is 21.1 Å². The predicted molar refractivity (Wildman–Crippen MR) is 115 cm³/mol. The highest BCUT2D eigenvalue weighted by molar-refractivity contribution is 7.89. The number of esters is 1. The molecule has 0 saturated heterocycles. The van der Waals surface area contributed by atoms with Crippen molar-refractivity contribution in [2.75, 3.05) is 12.4 Å². The second kappa shape index (κ2) is 10.4. The Morgan fingerprint density at radius 2 is 1.75 bits per heavy atom. The summed E-state index contributed by atoms with van der Waals surface area (Å²) in [6.45, 7) is 2.52. The molecular formula is C19H20ClN3O8S. The maximum atomic E-state index is 12.4. The first kappa shape index (κ1) is 25.0. The number of methoxy groups -OCH3 is 1. The van der Waals surface area contributed by atoms with Crippen molar-refractivity contribution in [2.45, 2.75) is 30.9 Å². The summed E-state index contributed by atoms with van der Waals surface area (Å²) < 4.78 is 37.0. The first-order valence-electron chi connectivity index (χ1n) is 9.06. The fraction of sp³-hybridized carbons (Fsp3) is 0.263. The number of rotatable bonds is 9. The first-order valence-corrected chi connectivity index (χ1v) is 10.9. The first-order chi connectivity index (χ1) is 14.9. The highest BCUT2D eigenvalue weighted by atomic mass is 35.5. The smallest absolute Gasteiger partial charge is 0.324 e. The van der Waals surface area contributed by atoms with E-state index in [0.29, 0.717) is 5.02 Å². The number of anilines is 1. The number of sulfonamides is 1. The number of hydrogen-bond donors (Lipinski definition) is 2. The van der Waals surface area contributed by atoms with E-state index in [2.05, 4.69) is 10.0 Å². The van der Waals surface area contributed by atoms with Crippen LogP contribution in [0.15, 0.2) is 47.4 Å². The highest BCUT2D eigenvalue weighted by Crippen LogP contribution is 2.29. The third kappa shape index (κ3) is 6.39. The number of non-ortho nitro benzene ring substituents is 1. The number of amides is 1. The van der Waals surface area contributed by atoms with Crippen LogP contribution in [0.25, 0.3) is 0 Å². The lowest BCUT2D eigenvalue weighted by Gasteiger charge is -2.18. The molecule has 2 N–H and O–H groups in total. The quantitative estimate of drug-likeness (QED) is 0.312. The molecule has 11 nitrogen and oxygen atoms in total. The van der Waals surface area contributed by atoms with Gasteiger partial charge in [0.05, 0.1) is 22.6 Å². The van der Waals surface area contributed by atoms with Crippen molar-refractivity contribution < 1.29 is 32.4 Å². The summed E-state index contributed by atoms with van der Waals surface area (Å²) in [5.74, 6) is -1.65. The van der Waals surface area contributed by atoms with Gasteiger partial charge in [-0.2, -0.15) is 4.72 Å². The average molecular weight is 486 g/mol. The van der Waals surface area contributed by atoms with Gasteiger partial charge in [0.2, 0.25) is 10.0 Å². The van der Waals surface area contributed by atoms with Crippen molar-refractivity contribution in [3.05, 3.63) is 57.6 Å². The fourth-order valence-electron chi connectivity index (χ4n) is 2.43. The molecule has 1 amide bonds. The minimum Gasteiger partial charge on any atom is -0.495 e. The molecule has 0 aliphatic rings. The van der Waals surface area contributed by atoms with Crippen molar-refractivity contribution in [3.8, 4) is 5.75 Å². The van der Waals surface area contributed by atoms with E-state index >= 15 is 0 Å². The zero-order valence-corrected chi connectivity index (χ0v) is 18.8. The Hall–Kier alpha value is -3.22. The van der Waals surface area contributed by atoms with Gasteiger partial charge in [-0.05, 0) is 44.2 Å². The van der Waals surface area contributed by atoms with Crippen molar-refractivity contribution in [2.24, 2.45) is 0 Å². The maximum absolute atomic E-state index is 12.4. The van der Waals surface area contributed by atoms with E-state index in [0.717, 1.165) is 6.07 Å². The SMILES string of the molecule is COc1ccc([N+](=O)[O-])cc1NC(=O)C(C)OC(=O)C(C)NS(=O)(=O)c1ccc(Cl)cc1. The summed E-state index contributed by atoms with van der Waals surface area (Å²) >= 11 is 5.74. The Kier molecular flexibility index (Phi) is 8.14. The number of nitro groups is 1. The molecule has 32 heavy (non-hydrogen) atoms. The lowest BCUT2D eigenvalue weighted by Crippen LogP contribution is -2.42. The van der Waals surface area contributed by atoms with Gasteiger partial charge in [0.15, 0.2) is 6.10 Å². The van der Waals surface area contributed by atoms with E-state index in [1.165, 1.54) is 57.4 Å². The van der Waals surface area contributed by atoms with Crippen molar-refractivity contribution in [1.82, 2.24) is 4.72 Å². The number of benzene rings is 2. The number of nitrogens with zero attached hydrogens (tertiary/aromatic N) is 1. The lowest BCUT2D eigenvalue weighted by atomic mass is 10.2. The normalized spacial score (nSPS) is 13.0. The Bertz CT molecular complexity index is 1120. The molecule has 0 heterocycles. The van der Waals surface area contributed by atoms with Crippen molar-refractivity contribution in [3.63, 3.8) is 0 Å². The van der Waals surface area contributed by atoms with E-state index in [-0.39, 0.29) is 22.0 Å². The Labute approximate surface area is 188 Å². The van der Waals surface area contributed by atoms with Crippen LogP contribution in [-0.2, 0) is 24.3 Å². The van der Waals surface area contributed by atoms with Gasteiger partial charge in [-0.3, -0.25) is 19.7 Å². The molecule has 0 bridgehead atoms.